The number of fused-ring (bicyclic) bond motifs is 16. The molecule has 0 N–H and O–H groups in total. The topological polar surface area (TPSA) is 22.0 Å². The average molecular weight is 700 g/mol. The second kappa shape index (κ2) is 9.83. The summed E-state index contributed by atoms with van der Waals surface area (Å²) >= 11 is 1.86. The van der Waals surface area contributed by atoms with Crippen molar-refractivity contribution >= 4 is 62.4 Å². The molecule has 0 unspecified atom stereocenters. The lowest BCUT2D eigenvalue weighted by Crippen LogP contribution is -2.29. The molecule has 4 heteroatoms. The van der Waals surface area contributed by atoms with E-state index in [1.165, 1.54) is 42.0 Å². The second-order valence-corrected chi connectivity index (χ2v) is 18.7. The van der Waals surface area contributed by atoms with E-state index < -0.39 is 9.07 Å². The Labute approximate surface area is 304 Å². The Hall–Kier alpha value is -6.07. The third-order valence-corrected chi connectivity index (χ3v) is 17.4. The number of rotatable bonds is 2. The van der Waals surface area contributed by atoms with Crippen molar-refractivity contribution in [3.05, 3.63) is 176 Å². The van der Waals surface area contributed by atoms with Crippen molar-refractivity contribution in [1.82, 2.24) is 4.57 Å². The largest absolute Gasteiger partial charge is 0.309 e. The van der Waals surface area contributed by atoms with E-state index in [1.54, 1.807) is 0 Å². The first-order valence-electron chi connectivity index (χ1n) is 17.7. The Balaban J connectivity index is 1.03. The average Bonchev–Trinajstić information content (AvgIpc) is 3.88. The summed E-state index contributed by atoms with van der Waals surface area (Å²) in [6, 6.07) is 62.7. The summed E-state index contributed by atoms with van der Waals surface area (Å²) in [5, 5.41) is 5.17. The molecule has 0 fully saturated rings. The SMILES string of the molecule is O=S12(c3ccccc3-c3ccccc31)c1ccccc1-c1cc(-c3ccc(-n4c5ccccc5c5cc6c(cc54)sc4ccccc46)cc3)ccc12. The van der Waals surface area contributed by atoms with Gasteiger partial charge in [-0.2, -0.15) is 0 Å². The van der Waals surface area contributed by atoms with Crippen LogP contribution < -0.4 is 0 Å². The summed E-state index contributed by atoms with van der Waals surface area (Å²) in [5.41, 5.74) is 10.0. The summed E-state index contributed by atoms with van der Waals surface area (Å²) < 4.78 is 21.7. The highest BCUT2D eigenvalue weighted by Gasteiger charge is 2.57. The van der Waals surface area contributed by atoms with Gasteiger partial charge in [-0.25, -0.2) is 0 Å². The van der Waals surface area contributed by atoms with Crippen molar-refractivity contribution < 1.29 is 4.21 Å². The Bertz CT molecular complexity index is 3200. The Morgan fingerprint density at radius 1 is 0.385 bits per heavy atom. The van der Waals surface area contributed by atoms with E-state index in [0.29, 0.717) is 0 Å². The molecular formula is C48H29NOS2. The third kappa shape index (κ3) is 3.33. The van der Waals surface area contributed by atoms with Crippen molar-refractivity contribution in [3.8, 4) is 39.1 Å². The van der Waals surface area contributed by atoms with Gasteiger partial charge in [0.2, 0.25) is 0 Å². The standard InChI is InChI=1S/C48H29NOS2/c50-52(45-18-8-3-13-35(45)36-14-4-9-19-46(36)52)47-20-10-5-15-37(47)40-27-31(23-26-48(40)52)30-21-24-32(25-22-30)49-41-16-6-1-11-33(41)38-28-39-34-12-2-7-17-43(34)51-44(39)29-42(38)49/h1-29H. The van der Waals surface area contributed by atoms with Gasteiger partial charge < -0.3 is 4.57 Å². The van der Waals surface area contributed by atoms with Crippen LogP contribution in [0.25, 0.3) is 81.0 Å². The van der Waals surface area contributed by atoms with Gasteiger partial charge in [0.25, 0.3) is 0 Å². The van der Waals surface area contributed by atoms with E-state index in [-0.39, 0.29) is 0 Å². The van der Waals surface area contributed by atoms with Gasteiger partial charge in [-0.3, -0.25) is 4.21 Å². The molecule has 0 atom stereocenters. The fourth-order valence-corrected chi connectivity index (χ4v) is 15.6. The lowest BCUT2D eigenvalue weighted by Gasteiger charge is -2.38. The van der Waals surface area contributed by atoms with Gasteiger partial charge in [0.1, 0.15) is 0 Å². The summed E-state index contributed by atoms with van der Waals surface area (Å²) in [6.07, 6.45) is 0. The van der Waals surface area contributed by atoms with Crippen LogP contribution in [0.4, 0.5) is 0 Å². The zero-order valence-corrected chi connectivity index (χ0v) is 29.5. The molecule has 2 aromatic heterocycles. The van der Waals surface area contributed by atoms with Crippen LogP contribution in [0, 0.1) is 0 Å². The maximum Gasteiger partial charge on any atom is 0.0555 e. The summed E-state index contributed by atoms with van der Waals surface area (Å²) in [5.74, 6) is 0. The molecule has 2 nitrogen and oxygen atoms in total. The Kier molecular flexibility index (Phi) is 5.41. The van der Waals surface area contributed by atoms with Crippen LogP contribution in [0.3, 0.4) is 0 Å². The lowest BCUT2D eigenvalue weighted by molar-refractivity contribution is 0.658. The predicted octanol–water partition coefficient (Wildman–Crippen LogP) is 13.1. The summed E-state index contributed by atoms with van der Waals surface area (Å²) in [6.45, 7) is 0. The van der Waals surface area contributed by atoms with E-state index in [2.05, 4.69) is 162 Å². The summed E-state index contributed by atoms with van der Waals surface area (Å²) in [4.78, 5) is 3.67. The molecule has 0 bridgehead atoms. The number of thiophene rings is 1. The fraction of sp³-hybridized carbons (Fsp3) is 0. The molecule has 244 valence electrons. The normalized spacial score (nSPS) is 15.4. The van der Waals surface area contributed by atoms with E-state index in [4.69, 9.17) is 0 Å². The fourth-order valence-electron chi connectivity index (χ4n) is 9.33. The van der Waals surface area contributed by atoms with E-state index in [1.807, 2.05) is 29.5 Å². The van der Waals surface area contributed by atoms with Gasteiger partial charge >= 0.3 is 0 Å². The zero-order chi connectivity index (χ0) is 34.2. The highest BCUT2D eigenvalue weighted by molar-refractivity contribution is 8.21. The molecule has 2 aliphatic rings. The van der Waals surface area contributed by atoms with Crippen molar-refractivity contribution in [2.75, 3.05) is 0 Å². The van der Waals surface area contributed by atoms with Gasteiger partial charge in [-0.1, -0.05) is 109 Å². The molecule has 2 aliphatic heterocycles. The lowest BCUT2D eigenvalue weighted by atomic mass is 9.99. The van der Waals surface area contributed by atoms with Gasteiger partial charge in [0.15, 0.2) is 0 Å². The number of benzene rings is 8. The summed E-state index contributed by atoms with van der Waals surface area (Å²) in [7, 11) is -3.83. The van der Waals surface area contributed by atoms with Crippen molar-refractivity contribution in [2.45, 2.75) is 19.6 Å². The zero-order valence-electron chi connectivity index (χ0n) is 27.9. The van der Waals surface area contributed by atoms with Gasteiger partial charge in [0, 0.05) is 65.3 Å². The van der Waals surface area contributed by atoms with Crippen LogP contribution >= 0.6 is 11.3 Å². The van der Waals surface area contributed by atoms with Crippen LogP contribution in [0.2, 0.25) is 0 Å². The monoisotopic (exact) mass is 699 g/mol. The molecule has 12 rings (SSSR count). The minimum atomic E-state index is -3.83. The molecule has 1 spiro atoms. The minimum Gasteiger partial charge on any atom is -0.309 e. The number of hydrogen-bond acceptors (Lipinski definition) is 2. The Morgan fingerprint density at radius 3 is 1.65 bits per heavy atom. The van der Waals surface area contributed by atoms with Gasteiger partial charge in [-0.05, 0) is 100 Å². The molecule has 4 heterocycles. The molecule has 0 amide bonds. The highest BCUT2D eigenvalue weighted by atomic mass is 32.3. The van der Waals surface area contributed by atoms with Gasteiger partial charge in [0.05, 0.1) is 11.0 Å². The number of nitrogens with zero attached hydrogens (tertiary/aromatic N) is 1. The minimum absolute atomic E-state index is 0.911. The quantitative estimate of drug-likeness (QED) is 0.176. The van der Waals surface area contributed by atoms with Crippen molar-refractivity contribution in [3.63, 3.8) is 0 Å². The molecule has 0 saturated heterocycles. The molecular weight excluding hydrogens is 671 g/mol. The van der Waals surface area contributed by atoms with Crippen LogP contribution in [0.15, 0.2) is 196 Å². The van der Waals surface area contributed by atoms with E-state index in [0.717, 1.165) is 58.7 Å². The molecule has 0 aliphatic carbocycles. The van der Waals surface area contributed by atoms with E-state index in [9.17, 15) is 0 Å². The number of para-hydroxylation sites is 1. The van der Waals surface area contributed by atoms with Crippen molar-refractivity contribution in [2.24, 2.45) is 0 Å². The molecule has 0 saturated carbocycles. The highest BCUT2D eigenvalue weighted by Crippen LogP contribution is 2.71. The first-order chi connectivity index (χ1) is 25.6. The van der Waals surface area contributed by atoms with Crippen LogP contribution in [-0.4, -0.2) is 8.78 Å². The number of aromatic nitrogens is 1. The van der Waals surface area contributed by atoms with Crippen LogP contribution in [0.5, 0.6) is 0 Å². The second-order valence-electron chi connectivity index (χ2n) is 14.0. The van der Waals surface area contributed by atoms with E-state index >= 15 is 4.21 Å². The predicted molar refractivity (Wildman–Crippen MR) is 218 cm³/mol. The molecule has 52 heavy (non-hydrogen) atoms. The first kappa shape index (κ1) is 28.6. The Morgan fingerprint density at radius 2 is 0.942 bits per heavy atom. The van der Waals surface area contributed by atoms with Crippen LogP contribution in [-0.2, 0) is 9.07 Å². The van der Waals surface area contributed by atoms with Crippen LogP contribution in [0.1, 0.15) is 0 Å². The molecule has 0 radical (unpaired) electrons. The van der Waals surface area contributed by atoms with Crippen molar-refractivity contribution in [1.29, 1.82) is 0 Å². The molecule has 8 aromatic carbocycles. The third-order valence-electron chi connectivity index (χ3n) is 11.5. The maximum atomic E-state index is 16.6. The first-order valence-corrected chi connectivity index (χ1v) is 20.4. The maximum absolute atomic E-state index is 16.6. The van der Waals surface area contributed by atoms with Gasteiger partial charge in [-0.15, -0.1) is 11.3 Å². The number of hydrogen-bond donors (Lipinski definition) is 0. The smallest absolute Gasteiger partial charge is 0.0555 e. The molecule has 10 aromatic rings.